The Morgan fingerprint density at radius 1 is 1.17 bits per heavy atom. The van der Waals surface area contributed by atoms with Crippen LogP contribution < -0.4 is 9.47 Å². The molecule has 8 heteroatoms. The van der Waals surface area contributed by atoms with E-state index in [0.29, 0.717) is 34.6 Å². The lowest BCUT2D eigenvalue weighted by Crippen LogP contribution is -2.12. The number of ketones is 1. The maximum Gasteiger partial charge on any atom is 0.191 e. The fourth-order valence-electron chi connectivity index (χ4n) is 2.79. The zero-order chi connectivity index (χ0) is 20.8. The number of aromatic nitrogens is 3. The molecule has 0 aliphatic rings. The first-order valence-electron chi connectivity index (χ1n) is 9.17. The summed E-state index contributed by atoms with van der Waals surface area (Å²) in [6.45, 7) is 4.63. The van der Waals surface area contributed by atoms with Crippen molar-refractivity contribution in [1.29, 1.82) is 0 Å². The zero-order valence-electron chi connectivity index (χ0n) is 16.5. The summed E-state index contributed by atoms with van der Waals surface area (Å²) in [5.74, 6) is 2.49. The molecule has 0 fully saturated rings. The molecule has 0 N–H and O–H groups in total. The van der Waals surface area contributed by atoms with Crippen LogP contribution >= 0.6 is 27.7 Å². The highest BCUT2D eigenvalue weighted by atomic mass is 79.9. The van der Waals surface area contributed by atoms with Gasteiger partial charge in [0.05, 0.1) is 12.9 Å². The van der Waals surface area contributed by atoms with Crippen molar-refractivity contribution in [3.05, 3.63) is 64.4 Å². The standard InChI is InChI=1S/C21H22BrN3O3S/c1-4-25-20(14(2)28-18-7-5-6-17(12-18)27-3)23-24-21(25)29-13-19(26)15-8-10-16(22)11-9-15/h5-12,14H,4,13H2,1-3H3. The van der Waals surface area contributed by atoms with Crippen molar-refractivity contribution in [2.24, 2.45) is 0 Å². The van der Waals surface area contributed by atoms with E-state index < -0.39 is 0 Å². The number of thioether (sulfide) groups is 1. The Morgan fingerprint density at radius 2 is 1.90 bits per heavy atom. The van der Waals surface area contributed by atoms with Crippen LogP contribution in [0.2, 0.25) is 0 Å². The number of ether oxygens (including phenoxy) is 2. The van der Waals surface area contributed by atoms with E-state index in [1.807, 2.05) is 66.9 Å². The maximum absolute atomic E-state index is 12.4. The molecule has 0 saturated carbocycles. The van der Waals surface area contributed by atoms with E-state index in [4.69, 9.17) is 9.47 Å². The molecule has 1 unspecified atom stereocenters. The number of carbonyl (C=O) groups is 1. The van der Waals surface area contributed by atoms with Gasteiger partial charge in [-0.15, -0.1) is 10.2 Å². The van der Waals surface area contributed by atoms with E-state index in [1.54, 1.807) is 7.11 Å². The number of methoxy groups -OCH3 is 1. The Morgan fingerprint density at radius 3 is 2.59 bits per heavy atom. The highest BCUT2D eigenvalue weighted by Crippen LogP contribution is 2.27. The average Bonchev–Trinajstić information content (AvgIpc) is 3.15. The fraction of sp³-hybridized carbons (Fsp3) is 0.286. The molecule has 0 radical (unpaired) electrons. The third-order valence-electron chi connectivity index (χ3n) is 4.28. The van der Waals surface area contributed by atoms with E-state index in [1.165, 1.54) is 11.8 Å². The quantitative estimate of drug-likeness (QED) is 0.313. The molecule has 6 nitrogen and oxygen atoms in total. The van der Waals surface area contributed by atoms with Gasteiger partial charge in [-0.25, -0.2) is 0 Å². The first kappa shape index (κ1) is 21.4. The van der Waals surface area contributed by atoms with Crippen LogP contribution in [-0.4, -0.2) is 33.4 Å². The Bertz CT molecular complexity index is 976. The topological polar surface area (TPSA) is 66.2 Å². The second-order valence-corrected chi connectivity index (χ2v) is 8.10. The summed E-state index contributed by atoms with van der Waals surface area (Å²) in [5.41, 5.74) is 0.679. The van der Waals surface area contributed by atoms with Crippen molar-refractivity contribution < 1.29 is 14.3 Å². The summed E-state index contributed by atoms with van der Waals surface area (Å²) in [5, 5.41) is 9.28. The second kappa shape index (κ2) is 9.93. The molecule has 0 aliphatic heterocycles. The SMILES string of the molecule is CCn1c(SCC(=O)c2ccc(Br)cc2)nnc1C(C)Oc1cccc(OC)c1. The summed E-state index contributed by atoms with van der Waals surface area (Å²) in [6.07, 6.45) is -0.300. The minimum absolute atomic E-state index is 0.0513. The van der Waals surface area contributed by atoms with E-state index in [-0.39, 0.29) is 11.9 Å². The summed E-state index contributed by atoms with van der Waals surface area (Å²) in [4.78, 5) is 12.4. The van der Waals surface area contributed by atoms with Gasteiger partial charge >= 0.3 is 0 Å². The second-order valence-electron chi connectivity index (χ2n) is 6.24. The van der Waals surface area contributed by atoms with Gasteiger partial charge in [-0.1, -0.05) is 45.9 Å². The molecule has 1 heterocycles. The summed E-state index contributed by atoms with van der Waals surface area (Å²) >= 11 is 4.76. The number of nitrogens with zero attached hydrogens (tertiary/aromatic N) is 3. The van der Waals surface area contributed by atoms with Crippen molar-refractivity contribution >= 4 is 33.5 Å². The molecular formula is C21H22BrN3O3S. The van der Waals surface area contributed by atoms with Crippen LogP contribution in [0.25, 0.3) is 0 Å². The van der Waals surface area contributed by atoms with Gasteiger partial charge in [-0.05, 0) is 38.1 Å². The van der Waals surface area contributed by atoms with Crippen molar-refractivity contribution in [3.63, 3.8) is 0 Å². The lowest BCUT2D eigenvalue weighted by molar-refractivity contribution is 0.102. The van der Waals surface area contributed by atoms with Crippen molar-refractivity contribution in [3.8, 4) is 11.5 Å². The van der Waals surface area contributed by atoms with E-state index in [2.05, 4.69) is 26.1 Å². The first-order valence-corrected chi connectivity index (χ1v) is 10.9. The number of rotatable bonds is 9. The molecular weight excluding hydrogens is 454 g/mol. The smallest absolute Gasteiger partial charge is 0.191 e. The van der Waals surface area contributed by atoms with Crippen molar-refractivity contribution in [2.75, 3.05) is 12.9 Å². The molecule has 3 aromatic rings. The maximum atomic E-state index is 12.4. The predicted octanol–water partition coefficient (Wildman–Crippen LogP) is 5.18. The number of benzene rings is 2. The third kappa shape index (κ3) is 5.39. The van der Waals surface area contributed by atoms with Crippen LogP contribution in [0.4, 0.5) is 0 Å². The molecule has 0 bridgehead atoms. The van der Waals surface area contributed by atoms with Crippen molar-refractivity contribution in [1.82, 2.24) is 14.8 Å². The lowest BCUT2D eigenvalue weighted by atomic mass is 10.2. The van der Waals surface area contributed by atoms with E-state index in [0.717, 1.165) is 10.2 Å². The van der Waals surface area contributed by atoms with Gasteiger partial charge in [0.1, 0.15) is 11.5 Å². The van der Waals surface area contributed by atoms with Crippen LogP contribution in [0, 0.1) is 0 Å². The summed E-state index contributed by atoms with van der Waals surface area (Å²) < 4.78 is 14.2. The number of Topliss-reactive ketones (excluding diaryl/α,β-unsaturated/α-hetero) is 1. The number of carbonyl (C=O) groups excluding carboxylic acids is 1. The van der Waals surface area contributed by atoms with Crippen LogP contribution in [0.15, 0.2) is 58.2 Å². The zero-order valence-corrected chi connectivity index (χ0v) is 18.9. The summed E-state index contributed by atoms with van der Waals surface area (Å²) in [7, 11) is 1.62. The van der Waals surface area contributed by atoms with E-state index >= 15 is 0 Å². The Balaban J connectivity index is 1.68. The van der Waals surface area contributed by atoms with Gasteiger partial charge < -0.3 is 14.0 Å². The first-order chi connectivity index (χ1) is 14.0. The van der Waals surface area contributed by atoms with Gasteiger partial charge in [-0.2, -0.15) is 0 Å². The molecule has 0 spiro atoms. The van der Waals surface area contributed by atoms with Gasteiger partial charge in [0.2, 0.25) is 0 Å². The molecule has 152 valence electrons. The summed E-state index contributed by atoms with van der Waals surface area (Å²) in [6, 6.07) is 14.8. The average molecular weight is 476 g/mol. The molecule has 0 saturated heterocycles. The van der Waals surface area contributed by atoms with Crippen LogP contribution in [0.3, 0.4) is 0 Å². The van der Waals surface area contributed by atoms with Crippen LogP contribution in [0.1, 0.15) is 36.1 Å². The minimum Gasteiger partial charge on any atom is -0.497 e. The molecule has 2 aromatic carbocycles. The monoisotopic (exact) mass is 475 g/mol. The number of hydrogen-bond donors (Lipinski definition) is 0. The molecule has 0 amide bonds. The minimum atomic E-state index is -0.300. The number of hydrogen-bond acceptors (Lipinski definition) is 6. The molecule has 0 aliphatic carbocycles. The highest BCUT2D eigenvalue weighted by molar-refractivity contribution is 9.10. The Hall–Kier alpha value is -2.32. The van der Waals surface area contributed by atoms with E-state index in [9.17, 15) is 4.79 Å². The largest absolute Gasteiger partial charge is 0.497 e. The predicted molar refractivity (Wildman–Crippen MR) is 117 cm³/mol. The lowest BCUT2D eigenvalue weighted by Gasteiger charge is -2.16. The fourth-order valence-corrected chi connectivity index (χ4v) is 3.95. The third-order valence-corrected chi connectivity index (χ3v) is 5.77. The van der Waals surface area contributed by atoms with Crippen LogP contribution in [-0.2, 0) is 6.54 Å². The highest BCUT2D eigenvalue weighted by Gasteiger charge is 2.20. The van der Waals surface area contributed by atoms with Gasteiger partial charge in [0.25, 0.3) is 0 Å². The van der Waals surface area contributed by atoms with Gasteiger partial charge in [0, 0.05) is 22.6 Å². The van der Waals surface area contributed by atoms with Crippen LogP contribution in [0.5, 0.6) is 11.5 Å². The molecule has 1 aromatic heterocycles. The molecule has 3 rings (SSSR count). The molecule has 29 heavy (non-hydrogen) atoms. The molecule has 1 atom stereocenters. The Kier molecular flexibility index (Phi) is 7.33. The van der Waals surface area contributed by atoms with Gasteiger partial charge in [0.15, 0.2) is 22.9 Å². The van der Waals surface area contributed by atoms with Crippen molar-refractivity contribution in [2.45, 2.75) is 31.7 Å². The number of halogens is 1. The Labute approximate surface area is 182 Å². The normalized spacial score (nSPS) is 11.9. The van der Waals surface area contributed by atoms with Gasteiger partial charge in [-0.3, -0.25) is 4.79 Å².